The first-order chi connectivity index (χ1) is 12.0. The van der Waals surface area contributed by atoms with Crippen molar-refractivity contribution in [2.75, 3.05) is 0 Å². The van der Waals surface area contributed by atoms with Crippen LogP contribution < -0.4 is 11.1 Å². The fourth-order valence-electron chi connectivity index (χ4n) is 3.21. The number of fused-ring (bicyclic) bond motifs is 2. The van der Waals surface area contributed by atoms with E-state index in [1.165, 1.54) is 28.0 Å². The zero-order valence-corrected chi connectivity index (χ0v) is 14.7. The SMILES string of the molecule is NC(=O)c1cnn2c(C(=O)NC3Cc4cccc(Br)c4C3)ccnc12. The molecule has 3 N–H and O–H groups in total. The lowest BCUT2D eigenvalue weighted by molar-refractivity contribution is 0.0929. The molecule has 0 fully saturated rings. The number of aromatic nitrogens is 3. The number of benzene rings is 1. The van der Waals surface area contributed by atoms with Gasteiger partial charge in [0.2, 0.25) is 0 Å². The number of nitrogens with one attached hydrogen (secondary N) is 1. The normalized spacial score (nSPS) is 16.0. The summed E-state index contributed by atoms with van der Waals surface area (Å²) in [6, 6.07) is 7.65. The van der Waals surface area contributed by atoms with Crippen molar-refractivity contribution < 1.29 is 9.59 Å². The molecule has 2 amide bonds. The van der Waals surface area contributed by atoms with Crippen LogP contribution >= 0.6 is 15.9 Å². The lowest BCUT2D eigenvalue weighted by atomic mass is 10.1. The van der Waals surface area contributed by atoms with Crippen LogP contribution in [0.2, 0.25) is 0 Å². The van der Waals surface area contributed by atoms with Crippen LogP contribution in [-0.2, 0) is 12.8 Å². The molecule has 1 aliphatic rings. The number of amides is 2. The van der Waals surface area contributed by atoms with Crippen LogP contribution in [0.4, 0.5) is 0 Å². The molecule has 1 atom stereocenters. The Kier molecular flexibility index (Phi) is 3.76. The van der Waals surface area contributed by atoms with Gasteiger partial charge in [0.25, 0.3) is 11.8 Å². The predicted octanol–water partition coefficient (Wildman–Crippen LogP) is 1.49. The molecule has 8 heteroatoms. The van der Waals surface area contributed by atoms with E-state index in [1.807, 2.05) is 12.1 Å². The summed E-state index contributed by atoms with van der Waals surface area (Å²) in [4.78, 5) is 28.2. The average molecular weight is 400 g/mol. The summed E-state index contributed by atoms with van der Waals surface area (Å²) >= 11 is 3.56. The number of primary amides is 1. The minimum Gasteiger partial charge on any atom is -0.365 e. The first-order valence-corrected chi connectivity index (χ1v) is 8.53. The van der Waals surface area contributed by atoms with E-state index in [9.17, 15) is 9.59 Å². The highest BCUT2D eigenvalue weighted by atomic mass is 79.9. The second kappa shape index (κ2) is 5.96. The van der Waals surface area contributed by atoms with Crippen LogP contribution in [0.25, 0.3) is 5.65 Å². The van der Waals surface area contributed by atoms with E-state index >= 15 is 0 Å². The van der Waals surface area contributed by atoms with Crippen molar-refractivity contribution in [2.45, 2.75) is 18.9 Å². The van der Waals surface area contributed by atoms with Gasteiger partial charge in [0.05, 0.1) is 6.20 Å². The van der Waals surface area contributed by atoms with E-state index in [0.29, 0.717) is 5.69 Å². The number of nitrogens with two attached hydrogens (primary N) is 1. The molecule has 1 aromatic carbocycles. The van der Waals surface area contributed by atoms with Crippen LogP contribution in [0.15, 0.2) is 41.1 Å². The van der Waals surface area contributed by atoms with E-state index in [0.717, 1.165) is 17.3 Å². The number of nitrogens with zero attached hydrogens (tertiary/aromatic N) is 3. The summed E-state index contributed by atoms with van der Waals surface area (Å²) in [7, 11) is 0. The number of carbonyl (C=O) groups excluding carboxylic acids is 2. The molecule has 0 saturated heterocycles. The molecular formula is C17H14BrN5O2. The molecule has 0 bridgehead atoms. The lowest BCUT2D eigenvalue weighted by Crippen LogP contribution is -2.36. The molecule has 2 aromatic heterocycles. The molecular weight excluding hydrogens is 386 g/mol. The van der Waals surface area contributed by atoms with Crippen molar-refractivity contribution >= 4 is 33.4 Å². The third kappa shape index (κ3) is 2.68. The predicted molar refractivity (Wildman–Crippen MR) is 94.3 cm³/mol. The van der Waals surface area contributed by atoms with E-state index in [4.69, 9.17) is 5.73 Å². The number of hydrogen-bond acceptors (Lipinski definition) is 4. The van der Waals surface area contributed by atoms with E-state index in [1.54, 1.807) is 6.07 Å². The summed E-state index contributed by atoms with van der Waals surface area (Å²) in [5.41, 5.74) is 8.54. The van der Waals surface area contributed by atoms with E-state index in [2.05, 4.69) is 37.4 Å². The van der Waals surface area contributed by atoms with Crippen molar-refractivity contribution in [3.8, 4) is 0 Å². The number of hydrogen-bond donors (Lipinski definition) is 2. The Labute approximate surface area is 151 Å². The maximum absolute atomic E-state index is 12.7. The Hall–Kier alpha value is -2.74. The Morgan fingerprint density at radius 3 is 2.88 bits per heavy atom. The van der Waals surface area contributed by atoms with E-state index < -0.39 is 5.91 Å². The Bertz CT molecular complexity index is 1010. The van der Waals surface area contributed by atoms with Crippen LogP contribution in [-0.4, -0.2) is 32.5 Å². The van der Waals surface area contributed by atoms with Crippen molar-refractivity contribution in [1.82, 2.24) is 19.9 Å². The minimum absolute atomic E-state index is 0.00980. The van der Waals surface area contributed by atoms with Gasteiger partial charge in [-0.05, 0) is 36.1 Å². The average Bonchev–Trinajstić information content (AvgIpc) is 3.18. The monoisotopic (exact) mass is 399 g/mol. The lowest BCUT2D eigenvalue weighted by Gasteiger charge is -2.12. The molecule has 0 spiro atoms. The molecule has 1 aliphatic carbocycles. The molecule has 3 aromatic rings. The van der Waals surface area contributed by atoms with Gasteiger partial charge in [-0.2, -0.15) is 5.10 Å². The maximum atomic E-state index is 12.7. The fourth-order valence-corrected chi connectivity index (χ4v) is 3.77. The van der Waals surface area contributed by atoms with Gasteiger partial charge in [0, 0.05) is 16.7 Å². The highest BCUT2D eigenvalue weighted by molar-refractivity contribution is 9.10. The summed E-state index contributed by atoms with van der Waals surface area (Å²) in [5, 5.41) is 7.11. The smallest absolute Gasteiger partial charge is 0.270 e. The molecule has 0 saturated carbocycles. The highest BCUT2D eigenvalue weighted by Crippen LogP contribution is 2.29. The first-order valence-electron chi connectivity index (χ1n) is 7.74. The van der Waals surface area contributed by atoms with Gasteiger partial charge < -0.3 is 11.1 Å². The Morgan fingerprint density at radius 1 is 1.28 bits per heavy atom. The second-order valence-corrected chi connectivity index (χ2v) is 6.80. The topological polar surface area (TPSA) is 102 Å². The third-order valence-corrected chi connectivity index (χ3v) is 5.11. The van der Waals surface area contributed by atoms with Gasteiger partial charge in [0.15, 0.2) is 5.65 Å². The van der Waals surface area contributed by atoms with Crippen molar-refractivity contribution in [2.24, 2.45) is 5.73 Å². The molecule has 7 nitrogen and oxygen atoms in total. The molecule has 4 rings (SSSR count). The van der Waals surface area contributed by atoms with Crippen molar-refractivity contribution in [3.63, 3.8) is 0 Å². The van der Waals surface area contributed by atoms with Crippen molar-refractivity contribution in [3.05, 3.63) is 63.5 Å². The summed E-state index contributed by atoms with van der Waals surface area (Å²) < 4.78 is 2.40. The third-order valence-electron chi connectivity index (χ3n) is 4.37. The fraction of sp³-hybridized carbons (Fsp3) is 0.176. The van der Waals surface area contributed by atoms with Gasteiger partial charge in [0.1, 0.15) is 11.3 Å². The number of halogens is 1. The number of rotatable bonds is 3. The Morgan fingerprint density at radius 2 is 2.12 bits per heavy atom. The van der Waals surface area contributed by atoms with Crippen molar-refractivity contribution in [1.29, 1.82) is 0 Å². The van der Waals surface area contributed by atoms with Crippen LogP contribution in [0, 0.1) is 0 Å². The first kappa shape index (κ1) is 15.8. The van der Waals surface area contributed by atoms with Gasteiger partial charge in [-0.1, -0.05) is 28.1 Å². The number of carbonyl (C=O) groups is 2. The standard InChI is InChI=1S/C17H14BrN5O2/c18-13-3-1-2-9-6-10(7-11(9)13)22-17(25)14-4-5-20-16-12(15(19)24)8-21-23(14)16/h1-5,8,10H,6-7H2,(H2,19,24)(H,22,25). The second-order valence-electron chi connectivity index (χ2n) is 5.94. The zero-order chi connectivity index (χ0) is 17.6. The van der Waals surface area contributed by atoms with Crippen LogP contribution in [0.3, 0.4) is 0 Å². The van der Waals surface area contributed by atoms with Gasteiger partial charge in [-0.25, -0.2) is 9.50 Å². The highest BCUT2D eigenvalue weighted by Gasteiger charge is 2.26. The maximum Gasteiger partial charge on any atom is 0.270 e. The molecule has 25 heavy (non-hydrogen) atoms. The summed E-state index contributed by atoms with van der Waals surface area (Å²) in [6.45, 7) is 0. The zero-order valence-electron chi connectivity index (χ0n) is 13.1. The van der Waals surface area contributed by atoms with E-state index in [-0.39, 0.29) is 23.2 Å². The molecule has 2 heterocycles. The van der Waals surface area contributed by atoms with Gasteiger partial charge in [-0.3, -0.25) is 9.59 Å². The molecule has 126 valence electrons. The van der Waals surface area contributed by atoms with Crippen LogP contribution in [0.1, 0.15) is 32.0 Å². The summed E-state index contributed by atoms with van der Waals surface area (Å²) in [5.74, 6) is -0.892. The molecule has 1 unspecified atom stereocenters. The van der Waals surface area contributed by atoms with Gasteiger partial charge >= 0.3 is 0 Å². The molecule has 0 radical (unpaired) electrons. The largest absolute Gasteiger partial charge is 0.365 e. The van der Waals surface area contributed by atoms with Gasteiger partial charge in [-0.15, -0.1) is 0 Å². The summed E-state index contributed by atoms with van der Waals surface area (Å²) in [6.07, 6.45) is 4.34. The Balaban J connectivity index is 1.60. The minimum atomic E-state index is -0.629. The van der Waals surface area contributed by atoms with Crippen LogP contribution in [0.5, 0.6) is 0 Å². The molecule has 0 aliphatic heterocycles. The quantitative estimate of drug-likeness (QED) is 0.696.